The van der Waals surface area contributed by atoms with Gasteiger partial charge in [-0.2, -0.15) is 18.3 Å². The van der Waals surface area contributed by atoms with Crippen molar-refractivity contribution in [2.45, 2.75) is 32.6 Å². The maximum absolute atomic E-state index is 12.8. The number of rotatable bonds is 4. The van der Waals surface area contributed by atoms with Crippen LogP contribution in [-0.4, -0.2) is 28.9 Å². The zero-order chi connectivity index (χ0) is 21.3. The monoisotopic (exact) mass is 408 g/mol. The minimum Gasteiger partial charge on any atom is -0.466 e. The van der Waals surface area contributed by atoms with Gasteiger partial charge in [-0.25, -0.2) is 9.59 Å². The first-order valence-electron chi connectivity index (χ1n) is 8.67. The van der Waals surface area contributed by atoms with Crippen molar-refractivity contribution in [1.82, 2.24) is 20.4 Å². The third kappa shape index (κ3) is 4.25. The molecule has 2 amide bonds. The number of aryl methyl sites for hydroxylation is 2. The third-order valence-electron chi connectivity index (χ3n) is 4.55. The number of amides is 2. The van der Waals surface area contributed by atoms with Crippen molar-refractivity contribution in [2.24, 2.45) is 0 Å². The highest BCUT2D eigenvalue weighted by Gasteiger charge is 2.36. The van der Waals surface area contributed by atoms with Gasteiger partial charge in [0.25, 0.3) is 0 Å². The van der Waals surface area contributed by atoms with Crippen molar-refractivity contribution in [3.05, 3.63) is 64.1 Å². The molecule has 1 aliphatic heterocycles. The first kappa shape index (κ1) is 20.4. The molecule has 0 saturated carbocycles. The highest BCUT2D eigenvalue weighted by Crippen LogP contribution is 2.31. The summed E-state index contributed by atoms with van der Waals surface area (Å²) in [6.45, 7) is 3.51. The van der Waals surface area contributed by atoms with Crippen molar-refractivity contribution in [1.29, 1.82) is 0 Å². The lowest BCUT2D eigenvalue weighted by molar-refractivity contribution is -0.141. The quantitative estimate of drug-likeness (QED) is 0.762. The molecule has 7 nitrogen and oxygen atoms in total. The Morgan fingerprint density at radius 2 is 2.00 bits per heavy atom. The molecule has 0 bridgehead atoms. The van der Waals surface area contributed by atoms with Crippen LogP contribution in [0.2, 0.25) is 0 Å². The molecule has 29 heavy (non-hydrogen) atoms. The van der Waals surface area contributed by atoms with Gasteiger partial charge in [-0.3, -0.25) is 4.68 Å². The maximum atomic E-state index is 12.8. The average Bonchev–Trinajstić information content (AvgIpc) is 3.09. The van der Waals surface area contributed by atoms with E-state index in [4.69, 9.17) is 4.74 Å². The molecule has 1 atom stereocenters. The fourth-order valence-electron chi connectivity index (χ4n) is 3.24. The van der Waals surface area contributed by atoms with Crippen molar-refractivity contribution in [2.75, 3.05) is 7.11 Å². The molecular formula is C19H19F3N4O3. The van der Waals surface area contributed by atoms with Gasteiger partial charge >= 0.3 is 18.2 Å². The molecule has 3 rings (SSSR count). The summed E-state index contributed by atoms with van der Waals surface area (Å²) < 4.78 is 44.3. The predicted octanol–water partition coefficient (Wildman–Crippen LogP) is 3.00. The average molecular weight is 408 g/mol. The number of hydrogen-bond donors (Lipinski definition) is 2. The van der Waals surface area contributed by atoms with Gasteiger partial charge in [0.05, 0.1) is 31.0 Å². The Bertz CT molecular complexity index is 995. The van der Waals surface area contributed by atoms with Gasteiger partial charge in [0.2, 0.25) is 0 Å². The van der Waals surface area contributed by atoms with Crippen LogP contribution in [0.5, 0.6) is 0 Å². The minimum absolute atomic E-state index is 0.100. The zero-order valence-corrected chi connectivity index (χ0v) is 15.9. The molecule has 1 aliphatic rings. The smallest absolute Gasteiger partial charge is 0.435 e. The molecule has 2 heterocycles. The van der Waals surface area contributed by atoms with Crippen molar-refractivity contribution < 1.29 is 27.5 Å². The van der Waals surface area contributed by atoms with Crippen LogP contribution in [0.4, 0.5) is 18.0 Å². The van der Waals surface area contributed by atoms with E-state index in [1.807, 2.05) is 26.0 Å². The van der Waals surface area contributed by atoms with E-state index >= 15 is 0 Å². The summed E-state index contributed by atoms with van der Waals surface area (Å²) in [7, 11) is 1.19. The van der Waals surface area contributed by atoms with Gasteiger partial charge in [0.1, 0.15) is 0 Å². The van der Waals surface area contributed by atoms with Crippen LogP contribution < -0.4 is 10.6 Å². The van der Waals surface area contributed by atoms with E-state index in [2.05, 4.69) is 15.7 Å². The largest absolute Gasteiger partial charge is 0.466 e. The minimum atomic E-state index is -4.59. The lowest BCUT2D eigenvalue weighted by Crippen LogP contribution is -2.47. The number of carbonyl (C=O) groups excluding carboxylic acids is 2. The second-order valence-corrected chi connectivity index (χ2v) is 6.67. The van der Waals surface area contributed by atoms with Crippen molar-refractivity contribution in [3.8, 4) is 0 Å². The number of benzene rings is 1. The van der Waals surface area contributed by atoms with E-state index in [1.165, 1.54) is 7.11 Å². The topological polar surface area (TPSA) is 85.2 Å². The molecule has 154 valence electrons. The highest BCUT2D eigenvalue weighted by molar-refractivity contribution is 5.95. The fraction of sp³-hybridized carbons (Fsp3) is 0.316. The highest BCUT2D eigenvalue weighted by atomic mass is 19.4. The van der Waals surface area contributed by atoms with Crippen LogP contribution in [0, 0.1) is 13.8 Å². The summed E-state index contributed by atoms with van der Waals surface area (Å²) in [5.74, 6) is -0.708. The SMILES string of the molecule is COC(=O)C1=C(Cn2ccc(C(F)(F)F)n2)NC(=O)N[C@H]1c1ccc(C)cc1C. The summed E-state index contributed by atoms with van der Waals surface area (Å²) in [4.78, 5) is 24.7. The summed E-state index contributed by atoms with van der Waals surface area (Å²) in [6, 6.07) is 4.96. The summed E-state index contributed by atoms with van der Waals surface area (Å²) in [5, 5.41) is 8.66. The van der Waals surface area contributed by atoms with Crippen molar-refractivity contribution in [3.63, 3.8) is 0 Å². The van der Waals surface area contributed by atoms with Crippen LogP contribution in [0.15, 0.2) is 41.7 Å². The van der Waals surface area contributed by atoms with E-state index in [-0.39, 0.29) is 17.8 Å². The zero-order valence-electron chi connectivity index (χ0n) is 15.9. The molecule has 0 radical (unpaired) electrons. The number of aromatic nitrogens is 2. The van der Waals surface area contributed by atoms with E-state index in [0.717, 1.165) is 28.1 Å². The van der Waals surface area contributed by atoms with Gasteiger partial charge < -0.3 is 15.4 Å². The van der Waals surface area contributed by atoms with E-state index in [9.17, 15) is 22.8 Å². The third-order valence-corrected chi connectivity index (χ3v) is 4.55. The number of carbonyl (C=O) groups is 2. The first-order valence-corrected chi connectivity index (χ1v) is 8.67. The van der Waals surface area contributed by atoms with Crippen LogP contribution >= 0.6 is 0 Å². The Labute approximate surface area is 164 Å². The Hall–Kier alpha value is -3.30. The van der Waals surface area contributed by atoms with Gasteiger partial charge in [-0.15, -0.1) is 0 Å². The van der Waals surface area contributed by atoms with Crippen LogP contribution in [-0.2, 0) is 22.3 Å². The number of hydrogen-bond acceptors (Lipinski definition) is 4. The maximum Gasteiger partial charge on any atom is 0.435 e. The fourth-order valence-corrected chi connectivity index (χ4v) is 3.24. The molecule has 0 spiro atoms. The van der Waals surface area contributed by atoms with E-state index in [1.54, 1.807) is 6.07 Å². The standard InChI is InChI=1S/C19H19F3N4O3/c1-10-4-5-12(11(2)8-10)16-15(17(27)29-3)13(23-18(28)24-16)9-26-7-6-14(25-26)19(20,21)22/h4-8,16H,9H2,1-3H3,(H2,23,24,28)/t16-/m0/s1. The lowest BCUT2D eigenvalue weighted by Gasteiger charge is -2.30. The Kier molecular flexibility index (Phi) is 5.36. The molecule has 0 saturated heterocycles. The number of halogens is 3. The molecule has 10 heteroatoms. The normalized spacial score (nSPS) is 17.0. The Balaban J connectivity index is 2.06. The number of ether oxygens (including phenoxy) is 1. The van der Waals surface area contributed by atoms with Gasteiger partial charge in [-0.1, -0.05) is 23.8 Å². The van der Waals surface area contributed by atoms with Gasteiger partial charge in [-0.05, 0) is 31.0 Å². The molecule has 0 aliphatic carbocycles. The summed E-state index contributed by atoms with van der Waals surface area (Å²) in [5.41, 5.74) is 1.68. The van der Waals surface area contributed by atoms with Crippen LogP contribution in [0.1, 0.15) is 28.4 Å². The second kappa shape index (κ2) is 7.61. The van der Waals surface area contributed by atoms with Gasteiger partial charge in [0, 0.05) is 6.20 Å². The lowest BCUT2D eigenvalue weighted by atomic mass is 9.91. The molecule has 0 fully saturated rings. The van der Waals surface area contributed by atoms with Crippen molar-refractivity contribution >= 4 is 12.0 Å². The number of urea groups is 1. The number of methoxy groups -OCH3 is 1. The summed E-state index contributed by atoms with van der Waals surface area (Å²) >= 11 is 0. The molecular weight excluding hydrogens is 389 g/mol. The summed E-state index contributed by atoms with van der Waals surface area (Å²) in [6.07, 6.45) is -3.46. The number of alkyl halides is 3. The number of nitrogens with zero attached hydrogens (tertiary/aromatic N) is 2. The molecule has 2 aromatic rings. The Morgan fingerprint density at radius 3 is 2.59 bits per heavy atom. The first-order chi connectivity index (χ1) is 13.6. The molecule has 2 N–H and O–H groups in total. The molecule has 1 aromatic heterocycles. The van der Waals surface area contributed by atoms with Gasteiger partial charge in [0.15, 0.2) is 5.69 Å². The number of esters is 1. The number of nitrogens with one attached hydrogen (secondary N) is 2. The Morgan fingerprint density at radius 1 is 1.28 bits per heavy atom. The number of allylic oxidation sites excluding steroid dienone is 1. The predicted molar refractivity (Wildman–Crippen MR) is 96.6 cm³/mol. The van der Waals surface area contributed by atoms with Crippen LogP contribution in [0.3, 0.4) is 0 Å². The van der Waals surface area contributed by atoms with E-state index in [0.29, 0.717) is 5.56 Å². The molecule has 1 aromatic carbocycles. The molecule has 0 unspecified atom stereocenters. The second-order valence-electron chi connectivity index (χ2n) is 6.67. The van der Waals surface area contributed by atoms with E-state index < -0.39 is 29.9 Å². The van der Waals surface area contributed by atoms with Crippen LogP contribution in [0.25, 0.3) is 0 Å².